The Morgan fingerprint density at radius 1 is 1.40 bits per heavy atom. The highest BCUT2D eigenvalue weighted by atomic mass is 32.2. The van der Waals surface area contributed by atoms with Gasteiger partial charge in [0.2, 0.25) is 10.0 Å². The third-order valence-corrected chi connectivity index (χ3v) is 4.09. The monoisotopic (exact) mass is 303 g/mol. The summed E-state index contributed by atoms with van der Waals surface area (Å²) in [4.78, 5) is 10.7. The number of carboxylic acids is 1. The molecular formula is C12H17NO6S. The number of aliphatic hydroxyl groups is 1. The third-order valence-electron chi connectivity index (χ3n) is 2.53. The van der Waals surface area contributed by atoms with Gasteiger partial charge in [-0.3, -0.25) is 4.79 Å². The quantitative estimate of drug-likeness (QED) is 0.582. The van der Waals surface area contributed by atoms with Crippen LogP contribution in [-0.4, -0.2) is 44.9 Å². The van der Waals surface area contributed by atoms with Crippen LogP contribution in [-0.2, 0) is 21.2 Å². The zero-order valence-corrected chi connectivity index (χ0v) is 11.8. The Morgan fingerprint density at radius 3 is 2.65 bits per heavy atom. The number of carbonyl (C=O) groups is 1. The lowest BCUT2D eigenvalue weighted by Crippen LogP contribution is -2.26. The maximum absolute atomic E-state index is 12.1. The molecule has 0 atom stereocenters. The minimum Gasteiger partial charge on any atom is -0.497 e. The SMILES string of the molecule is COc1ccc(S(=O)(=O)NCCCO)c(CC(=O)O)c1. The zero-order valence-electron chi connectivity index (χ0n) is 11.0. The highest BCUT2D eigenvalue weighted by Crippen LogP contribution is 2.22. The molecule has 0 saturated heterocycles. The first-order valence-electron chi connectivity index (χ1n) is 5.90. The second-order valence-corrected chi connectivity index (χ2v) is 5.75. The largest absolute Gasteiger partial charge is 0.497 e. The van der Waals surface area contributed by atoms with Gasteiger partial charge in [-0.2, -0.15) is 0 Å². The highest BCUT2D eigenvalue weighted by Gasteiger charge is 2.20. The van der Waals surface area contributed by atoms with Crippen LogP contribution in [0, 0.1) is 0 Å². The number of aliphatic carboxylic acids is 1. The molecule has 0 aliphatic rings. The summed E-state index contributed by atoms with van der Waals surface area (Å²) in [6, 6.07) is 4.14. The molecule has 0 saturated carbocycles. The van der Waals surface area contributed by atoms with Crippen molar-refractivity contribution in [1.82, 2.24) is 4.72 Å². The van der Waals surface area contributed by atoms with Gasteiger partial charge in [-0.25, -0.2) is 13.1 Å². The molecule has 0 fully saturated rings. The summed E-state index contributed by atoms with van der Waals surface area (Å²) < 4.78 is 31.4. The molecule has 0 aliphatic carbocycles. The molecule has 0 bridgehead atoms. The maximum Gasteiger partial charge on any atom is 0.307 e. The van der Waals surface area contributed by atoms with Gasteiger partial charge >= 0.3 is 5.97 Å². The molecule has 0 unspecified atom stereocenters. The summed E-state index contributed by atoms with van der Waals surface area (Å²) in [5.41, 5.74) is 0.147. The first kappa shape index (κ1) is 16.4. The number of hydrogen-bond acceptors (Lipinski definition) is 5. The summed E-state index contributed by atoms with van der Waals surface area (Å²) in [6.45, 7) is -0.0511. The lowest BCUT2D eigenvalue weighted by atomic mass is 10.1. The van der Waals surface area contributed by atoms with Crippen molar-refractivity contribution in [3.8, 4) is 5.75 Å². The van der Waals surface area contributed by atoms with Crippen LogP contribution < -0.4 is 9.46 Å². The molecule has 1 rings (SSSR count). The Bertz CT molecular complexity index is 569. The van der Waals surface area contributed by atoms with Gasteiger partial charge in [-0.1, -0.05) is 0 Å². The topological polar surface area (TPSA) is 113 Å². The number of aliphatic hydroxyl groups excluding tert-OH is 1. The summed E-state index contributed by atoms with van der Waals surface area (Å²) in [5.74, 6) is -0.749. The number of ether oxygens (including phenoxy) is 1. The Kier molecular flexibility index (Phi) is 5.93. The van der Waals surface area contributed by atoms with Crippen LogP contribution in [0.3, 0.4) is 0 Å². The van der Waals surface area contributed by atoms with Gasteiger partial charge in [-0.05, 0) is 30.2 Å². The summed E-state index contributed by atoms with van der Waals surface area (Å²) in [6.07, 6.45) is -0.142. The Hall–Kier alpha value is -1.64. The molecule has 1 aromatic carbocycles. The fourth-order valence-electron chi connectivity index (χ4n) is 1.61. The molecule has 0 aromatic heterocycles. The molecule has 20 heavy (non-hydrogen) atoms. The number of hydrogen-bond donors (Lipinski definition) is 3. The van der Waals surface area contributed by atoms with Crippen molar-refractivity contribution in [3.63, 3.8) is 0 Å². The van der Waals surface area contributed by atoms with Crippen LogP contribution in [0.25, 0.3) is 0 Å². The van der Waals surface area contributed by atoms with E-state index in [0.29, 0.717) is 5.75 Å². The van der Waals surface area contributed by atoms with E-state index < -0.39 is 22.4 Å². The standard InChI is InChI=1S/C12H17NO6S/c1-19-10-3-4-11(9(7-10)8-12(15)16)20(17,18)13-5-2-6-14/h3-4,7,13-14H,2,5-6,8H2,1H3,(H,15,16). The lowest BCUT2D eigenvalue weighted by molar-refractivity contribution is -0.136. The molecule has 8 heteroatoms. The van der Waals surface area contributed by atoms with Gasteiger partial charge < -0.3 is 14.9 Å². The van der Waals surface area contributed by atoms with Crippen molar-refractivity contribution in [3.05, 3.63) is 23.8 Å². The van der Waals surface area contributed by atoms with Crippen LogP contribution >= 0.6 is 0 Å². The van der Waals surface area contributed by atoms with Crippen LogP contribution in [0.15, 0.2) is 23.1 Å². The highest BCUT2D eigenvalue weighted by molar-refractivity contribution is 7.89. The maximum atomic E-state index is 12.1. The molecular weight excluding hydrogens is 286 g/mol. The Labute approximate surface area is 117 Å². The number of benzene rings is 1. The lowest BCUT2D eigenvalue weighted by Gasteiger charge is -2.11. The molecule has 0 heterocycles. The summed E-state index contributed by atoms with van der Waals surface area (Å²) in [7, 11) is -2.40. The average Bonchev–Trinajstić information content (AvgIpc) is 2.37. The molecule has 0 aliphatic heterocycles. The van der Waals surface area contributed by atoms with E-state index in [1.807, 2.05) is 0 Å². The summed E-state index contributed by atoms with van der Waals surface area (Å²) >= 11 is 0. The van der Waals surface area contributed by atoms with E-state index >= 15 is 0 Å². The van der Waals surface area contributed by atoms with Crippen molar-refractivity contribution in [2.45, 2.75) is 17.7 Å². The normalized spacial score (nSPS) is 11.3. The van der Waals surface area contributed by atoms with Crippen LogP contribution in [0.5, 0.6) is 5.75 Å². The van der Waals surface area contributed by atoms with Gasteiger partial charge in [0.1, 0.15) is 5.75 Å². The Morgan fingerprint density at radius 2 is 2.10 bits per heavy atom. The van der Waals surface area contributed by atoms with Gasteiger partial charge in [0.25, 0.3) is 0 Å². The number of sulfonamides is 1. The van der Waals surface area contributed by atoms with Crippen LogP contribution in [0.1, 0.15) is 12.0 Å². The Balaban J connectivity index is 3.11. The number of carboxylic acid groups (broad SMARTS) is 1. The second kappa shape index (κ2) is 7.22. The first-order chi connectivity index (χ1) is 9.40. The molecule has 7 nitrogen and oxygen atoms in total. The second-order valence-electron chi connectivity index (χ2n) is 4.02. The van der Waals surface area contributed by atoms with E-state index in [0.717, 1.165) is 0 Å². The third kappa shape index (κ3) is 4.48. The predicted molar refractivity (Wildman–Crippen MR) is 71.2 cm³/mol. The zero-order chi connectivity index (χ0) is 15.2. The molecule has 3 N–H and O–H groups in total. The minimum absolute atomic E-state index is 0.0807. The number of nitrogens with one attached hydrogen (secondary N) is 1. The predicted octanol–water partition coefficient (Wildman–Crippen LogP) is -0.0170. The van der Waals surface area contributed by atoms with Gasteiger partial charge in [0.05, 0.1) is 18.4 Å². The van der Waals surface area contributed by atoms with Crippen LogP contribution in [0.2, 0.25) is 0 Å². The minimum atomic E-state index is -3.81. The number of rotatable bonds is 8. The van der Waals surface area contributed by atoms with Gasteiger partial charge in [-0.15, -0.1) is 0 Å². The van der Waals surface area contributed by atoms with Gasteiger partial charge in [0.15, 0.2) is 0 Å². The van der Waals surface area contributed by atoms with Gasteiger partial charge in [0, 0.05) is 13.2 Å². The van der Waals surface area contributed by atoms with Crippen molar-refractivity contribution >= 4 is 16.0 Å². The number of methoxy groups -OCH3 is 1. The molecule has 0 radical (unpaired) electrons. The average molecular weight is 303 g/mol. The molecule has 112 valence electrons. The van der Waals surface area contributed by atoms with E-state index in [4.69, 9.17) is 14.9 Å². The van der Waals surface area contributed by atoms with E-state index in [1.165, 1.54) is 25.3 Å². The fraction of sp³-hybridized carbons (Fsp3) is 0.417. The first-order valence-corrected chi connectivity index (χ1v) is 7.38. The molecule has 0 spiro atoms. The summed E-state index contributed by atoms with van der Waals surface area (Å²) in [5, 5.41) is 17.5. The van der Waals surface area contributed by atoms with Crippen LogP contribution in [0.4, 0.5) is 0 Å². The smallest absolute Gasteiger partial charge is 0.307 e. The fourth-order valence-corrected chi connectivity index (χ4v) is 2.90. The molecule has 1 aromatic rings. The van der Waals surface area contributed by atoms with E-state index in [2.05, 4.69) is 4.72 Å². The van der Waals surface area contributed by atoms with E-state index in [-0.39, 0.29) is 30.0 Å². The van der Waals surface area contributed by atoms with Crippen molar-refractivity contribution in [1.29, 1.82) is 0 Å². The van der Waals surface area contributed by atoms with Crippen molar-refractivity contribution in [2.75, 3.05) is 20.3 Å². The molecule has 0 amide bonds. The van der Waals surface area contributed by atoms with E-state index in [1.54, 1.807) is 0 Å². The van der Waals surface area contributed by atoms with Crippen molar-refractivity contribution in [2.24, 2.45) is 0 Å². The van der Waals surface area contributed by atoms with E-state index in [9.17, 15) is 13.2 Å². The van der Waals surface area contributed by atoms with Crippen molar-refractivity contribution < 1.29 is 28.2 Å².